The summed E-state index contributed by atoms with van der Waals surface area (Å²) in [6.07, 6.45) is 3.40. The second-order valence-corrected chi connectivity index (χ2v) is 3.12. The van der Waals surface area contributed by atoms with Gasteiger partial charge in [0.1, 0.15) is 0 Å². The third-order valence-electron chi connectivity index (χ3n) is 1.58. The Balaban J connectivity index is 2.26. The molecule has 0 spiro atoms. The Morgan fingerprint density at radius 3 is 2.20 bits per heavy atom. The largest absolute Gasteiger partial charge is 0.231 e. The van der Waals surface area contributed by atoms with E-state index in [-0.39, 0.29) is 0 Å². The maximum atomic E-state index is 10.2. The van der Waals surface area contributed by atoms with Crippen molar-refractivity contribution in [1.29, 1.82) is 0 Å². The van der Waals surface area contributed by atoms with Crippen LogP contribution in [0.4, 0.5) is 0 Å². The molecule has 1 aliphatic heterocycles. The second kappa shape index (κ2) is 3.90. The van der Waals surface area contributed by atoms with Crippen LogP contribution in [0.5, 0.6) is 0 Å². The minimum absolute atomic E-state index is 0.851. The van der Waals surface area contributed by atoms with Crippen molar-refractivity contribution in [3.8, 4) is 0 Å². The molecule has 60 valence electrons. The Kier molecular flexibility index (Phi) is 3.11. The van der Waals surface area contributed by atoms with Crippen molar-refractivity contribution in [3.63, 3.8) is 0 Å². The molecule has 5 heteroatoms. The van der Waals surface area contributed by atoms with E-state index in [4.69, 9.17) is 0 Å². The summed E-state index contributed by atoms with van der Waals surface area (Å²) in [5, 5.41) is 1.75. The fourth-order valence-electron chi connectivity index (χ4n) is 1.11. The predicted octanol–water partition coefficient (Wildman–Crippen LogP) is -0.497. The predicted molar refractivity (Wildman–Crippen MR) is 38.9 cm³/mol. The van der Waals surface area contributed by atoms with E-state index in [2.05, 4.69) is 4.83 Å². The molecule has 0 radical (unpaired) electrons. The number of hydrogen-bond donors (Lipinski definition) is 2. The topological polar surface area (TPSA) is 49.4 Å². The van der Waals surface area contributed by atoms with E-state index in [9.17, 15) is 8.42 Å². The molecule has 1 heterocycles. The zero-order chi connectivity index (χ0) is 7.40. The third kappa shape index (κ3) is 2.64. The molecule has 0 aromatic carbocycles. The van der Waals surface area contributed by atoms with Crippen LogP contribution in [-0.4, -0.2) is 26.5 Å². The van der Waals surface area contributed by atoms with Crippen molar-refractivity contribution < 1.29 is 8.42 Å². The standard InChI is InChI=1S/C5H12N2O2S/c8-10(9)6-7-4-2-1-3-5-7/h10H,1-5H2,(H,6,8,9). The van der Waals surface area contributed by atoms with Gasteiger partial charge in [-0.15, -0.1) is 0 Å². The van der Waals surface area contributed by atoms with E-state index in [0.29, 0.717) is 0 Å². The van der Waals surface area contributed by atoms with Crippen molar-refractivity contribution in [2.24, 2.45) is 0 Å². The number of hydrogen-bond acceptors (Lipinski definition) is 3. The lowest BCUT2D eigenvalue weighted by Crippen LogP contribution is -2.40. The molecule has 0 amide bonds. The summed E-state index contributed by atoms with van der Waals surface area (Å²) in [4.78, 5) is 2.37. The molecule has 0 atom stereocenters. The molecule has 0 bridgehead atoms. The summed E-state index contributed by atoms with van der Waals surface area (Å²) in [6.45, 7) is 1.70. The number of nitrogens with zero attached hydrogens (tertiary/aromatic N) is 1. The average molecular weight is 164 g/mol. The normalized spacial score (nSPS) is 21.7. The minimum Gasteiger partial charge on any atom is -0.231 e. The van der Waals surface area contributed by atoms with Gasteiger partial charge in [-0.1, -0.05) is 6.42 Å². The first-order valence-electron chi connectivity index (χ1n) is 3.44. The lowest BCUT2D eigenvalue weighted by molar-refractivity contribution is 0.202. The highest BCUT2D eigenvalue weighted by atomic mass is 32.2. The van der Waals surface area contributed by atoms with E-state index in [1.54, 1.807) is 5.01 Å². The Morgan fingerprint density at radius 1 is 1.10 bits per heavy atom. The van der Waals surface area contributed by atoms with Crippen molar-refractivity contribution in [3.05, 3.63) is 0 Å². The highest BCUT2D eigenvalue weighted by molar-refractivity contribution is 7.70. The zero-order valence-electron chi connectivity index (χ0n) is 5.75. The van der Waals surface area contributed by atoms with Crippen molar-refractivity contribution in [1.82, 2.24) is 9.84 Å². The van der Waals surface area contributed by atoms with Crippen LogP contribution in [-0.2, 0) is 10.9 Å². The van der Waals surface area contributed by atoms with Gasteiger partial charge >= 0.3 is 0 Å². The second-order valence-electron chi connectivity index (χ2n) is 2.40. The summed E-state index contributed by atoms with van der Waals surface area (Å²) in [7, 11) is -2.45. The van der Waals surface area contributed by atoms with Crippen LogP contribution in [0.25, 0.3) is 0 Å². The van der Waals surface area contributed by atoms with Crippen LogP contribution in [0.1, 0.15) is 19.3 Å². The Bertz CT molecular complexity index is 155. The molecule has 1 rings (SSSR count). The fourth-order valence-corrected chi connectivity index (χ4v) is 1.54. The SMILES string of the molecule is O=[SH](=O)NN1CCCCC1. The van der Waals surface area contributed by atoms with Crippen LogP contribution in [0.15, 0.2) is 0 Å². The summed E-state index contributed by atoms with van der Waals surface area (Å²) < 4.78 is 20.3. The maximum absolute atomic E-state index is 10.2. The van der Waals surface area contributed by atoms with E-state index < -0.39 is 10.9 Å². The van der Waals surface area contributed by atoms with Crippen LogP contribution >= 0.6 is 0 Å². The van der Waals surface area contributed by atoms with E-state index in [1.807, 2.05) is 0 Å². The van der Waals surface area contributed by atoms with Gasteiger partial charge in [0.15, 0.2) is 0 Å². The molecule has 0 aliphatic carbocycles. The molecule has 1 fully saturated rings. The molecule has 0 unspecified atom stereocenters. The smallest absolute Gasteiger partial charge is 0.214 e. The lowest BCUT2D eigenvalue weighted by atomic mass is 10.2. The lowest BCUT2D eigenvalue weighted by Gasteiger charge is -2.23. The Hall–Kier alpha value is -0.130. The van der Waals surface area contributed by atoms with E-state index in [1.165, 1.54) is 6.42 Å². The van der Waals surface area contributed by atoms with Gasteiger partial charge in [-0.25, -0.2) is 13.4 Å². The molecule has 4 nitrogen and oxygen atoms in total. The molecular formula is C5H12N2O2S. The molecule has 0 saturated carbocycles. The maximum Gasteiger partial charge on any atom is 0.214 e. The van der Waals surface area contributed by atoms with E-state index >= 15 is 0 Å². The third-order valence-corrected chi connectivity index (χ3v) is 2.03. The van der Waals surface area contributed by atoms with Gasteiger partial charge in [0, 0.05) is 13.1 Å². The van der Waals surface area contributed by atoms with Gasteiger partial charge in [-0.2, -0.15) is 4.83 Å². The van der Waals surface area contributed by atoms with Crippen molar-refractivity contribution in [2.45, 2.75) is 19.3 Å². The summed E-state index contributed by atoms with van der Waals surface area (Å²) in [6, 6.07) is 0. The Labute approximate surface area is 62.3 Å². The number of hydrazine groups is 1. The number of rotatable bonds is 2. The molecule has 0 aromatic heterocycles. The van der Waals surface area contributed by atoms with Gasteiger partial charge in [0.25, 0.3) is 0 Å². The minimum atomic E-state index is -2.45. The van der Waals surface area contributed by atoms with E-state index in [0.717, 1.165) is 25.9 Å². The van der Waals surface area contributed by atoms with Crippen LogP contribution in [0.3, 0.4) is 0 Å². The van der Waals surface area contributed by atoms with Crippen molar-refractivity contribution in [2.75, 3.05) is 13.1 Å². The highest BCUT2D eigenvalue weighted by Crippen LogP contribution is 2.05. The molecule has 1 aliphatic rings. The van der Waals surface area contributed by atoms with Gasteiger partial charge in [-0.3, -0.25) is 0 Å². The zero-order valence-corrected chi connectivity index (χ0v) is 6.64. The number of thiol groups is 1. The number of piperidine rings is 1. The molecule has 0 aromatic rings. The van der Waals surface area contributed by atoms with Gasteiger partial charge in [0.2, 0.25) is 10.9 Å². The molecule has 1 N–H and O–H groups in total. The summed E-state index contributed by atoms with van der Waals surface area (Å²) in [5.74, 6) is 0. The Morgan fingerprint density at radius 2 is 1.70 bits per heavy atom. The first-order valence-corrected chi connectivity index (χ1v) is 4.62. The van der Waals surface area contributed by atoms with Crippen LogP contribution < -0.4 is 4.83 Å². The first kappa shape index (κ1) is 7.97. The van der Waals surface area contributed by atoms with Crippen molar-refractivity contribution >= 4 is 10.9 Å². The monoisotopic (exact) mass is 164 g/mol. The average Bonchev–Trinajstić information content (AvgIpc) is 1.88. The van der Waals surface area contributed by atoms with Gasteiger partial charge < -0.3 is 0 Å². The molecular weight excluding hydrogens is 152 g/mol. The molecule has 1 saturated heterocycles. The quantitative estimate of drug-likeness (QED) is 0.541. The summed E-state index contributed by atoms with van der Waals surface area (Å²) >= 11 is 0. The van der Waals surface area contributed by atoms with Crippen LogP contribution in [0, 0.1) is 0 Å². The summed E-state index contributed by atoms with van der Waals surface area (Å²) in [5.41, 5.74) is 0. The van der Waals surface area contributed by atoms with Gasteiger partial charge in [0.05, 0.1) is 0 Å². The van der Waals surface area contributed by atoms with Crippen LogP contribution in [0.2, 0.25) is 0 Å². The fraction of sp³-hybridized carbons (Fsp3) is 1.00. The van der Waals surface area contributed by atoms with Gasteiger partial charge in [-0.05, 0) is 12.8 Å². The highest BCUT2D eigenvalue weighted by Gasteiger charge is 2.08. The first-order chi connectivity index (χ1) is 4.79. The number of nitrogens with one attached hydrogen (secondary N) is 1. The molecule has 10 heavy (non-hydrogen) atoms.